The molecule has 3 N–H and O–H groups in total. The lowest BCUT2D eigenvalue weighted by Crippen LogP contribution is -2.42. The summed E-state index contributed by atoms with van der Waals surface area (Å²) in [6.07, 6.45) is 3.10. The van der Waals surface area contributed by atoms with E-state index in [-0.39, 0.29) is 17.5 Å². The highest BCUT2D eigenvalue weighted by Gasteiger charge is 2.26. The molecule has 7 nitrogen and oxygen atoms in total. The molecule has 0 aliphatic heterocycles. The van der Waals surface area contributed by atoms with E-state index in [2.05, 4.69) is 37.7 Å². The summed E-state index contributed by atoms with van der Waals surface area (Å²) in [5.74, 6) is 0.632. The number of methoxy groups -OCH3 is 1. The number of carbonyl (C=O) groups excluding carboxylic acids is 1. The molecule has 1 amide bonds. The standard InChI is InChI=1S/C31H46N4O3/c1-9-16-33-31(37)30(32)35(23(6)27-18-26(21(3)4)29(38-8)19-28(27)36)25-13-11-24(12-14-25)20-34(7)17-15-22(5)10-2/h11-14,18-19,21-22,32,36H,6,9-10,15-17,20H2,1-5,7-8H3,(H,33,37). The Hall–Kier alpha value is -3.32. The van der Waals surface area contributed by atoms with E-state index in [1.165, 1.54) is 11.3 Å². The lowest BCUT2D eigenvalue weighted by atomic mass is 9.97. The number of amides is 1. The highest BCUT2D eigenvalue weighted by Crippen LogP contribution is 2.38. The van der Waals surface area contributed by atoms with Crippen molar-refractivity contribution in [1.82, 2.24) is 10.2 Å². The molecule has 208 valence electrons. The molecule has 0 aromatic heterocycles. The van der Waals surface area contributed by atoms with Gasteiger partial charge in [0, 0.05) is 30.4 Å². The minimum atomic E-state index is -0.501. The summed E-state index contributed by atoms with van der Waals surface area (Å²) in [5, 5.41) is 22.4. The number of ether oxygens (including phenoxy) is 1. The summed E-state index contributed by atoms with van der Waals surface area (Å²) in [5.41, 5.74) is 3.44. The topological polar surface area (TPSA) is 88.9 Å². The number of nitrogens with one attached hydrogen (secondary N) is 2. The number of phenolic OH excluding ortho intramolecular Hbond substituents is 1. The van der Waals surface area contributed by atoms with Crippen LogP contribution in [0.1, 0.15) is 76.5 Å². The van der Waals surface area contributed by atoms with Crippen LogP contribution in [0.3, 0.4) is 0 Å². The number of benzene rings is 2. The molecule has 0 heterocycles. The summed E-state index contributed by atoms with van der Waals surface area (Å²) in [4.78, 5) is 16.7. The number of anilines is 1. The van der Waals surface area contributed by atoms with Crippen LogP contribution in [-0.2, 0) is 11.3 Å². The first kappa shape index (κ1) is 30.9. The Morgan fingerprint density at radius 2 is 1.82 bits per heavy atom. The van der Waals surface area contributed by atoms with Crippen LogP contribution in [0.25, 0.3) is 5.70 Å². The number of rotatable bonds is 13. The number of carbonyl (C=O) groups is 1. The molecule has 0 saturated heterocycles. The van der Waals surface area contributed by atoms with E-state index in [9.17, 15) is 9.90 Å². The van der Waals surface area contributed by atoms with Crippen LogP contribution in [0.5, 0.6) is 11.5 Å². The van der Waals surface area contributed by atoms with Crippen LogP contribution < -0.4 is 15.0 Å². The number of phenols is 1. The Balaban J connectivity index is 2.42. The molecule has 0 radical (unpaired) electrons. The normalized spacial score (nSPS) is 11.9. The van der Waals surface area contributed by atoms with Crippen LogP contribution in [-0.4, -0.2) is 49.0 Å². The molecule has 7 heteroatoms. The number of nitrogens with zero attached hydrogens (tertiary/aromatic N) is 2. The number of amidine groups is 1. The molecule has 0 aliphatic carbocycles. The predicted molar refractivity (Wildman–Crippen MR) is 158 cm³/mol. The molecule has 38 heavy (non-hydrogen) atoms. The van der Waals surface area contributed by atoms with E-state index in [4.69, 9.17) is 10.1 Å². The quantitative estimate of drug-likeness (QED) is 0.210. The molecule has 2 aromatic carbocycles. The van der Waals surface area contributed by atoms with Gasteiger partial charge in [0.2, 0.25) is 0 Å². The third-order valence-electron chi connectivity index (χ3n) is 6.87. The highest BCUT2D eigenvalue weighted by atomic mass is 16.5. The molecular weight excluding hydrogens is 476 g/mol. The fourth-order valence-electron chi connectivity index (χ4n) is 4.20. The van der Waals surface area contributed by atoms with Crippen molar-refractivity contribution in [2.45, 2.75) is 66.3 Å². The zero-order valence-corrected chi connectivity index (χ0v) is 24.2. The molecule has 0 saturated carbocycles. The Kier molecular flexibility index (Phi) is 11.9. The monoisotopic (exact) mass is 522 g/mol. The molecule has 2 aromatic rings. The van der Waals surface area contributed by atoms with Crippen LogP contribution in [0.2, 0.25) is 0 Å². The smallest absolute Gasteiger partial charge is 0.287 e. The number of aromatic hydroxyl groups is 1. The average molecular weight is 523 g/mol. The second-order valence-corrected chi connectivity index (χ2v) is 10.4. The second kappa shape index (κ2) is 14.6. The SMILES string of the molecule is C=C(c1cc(C(C)C)c(OC)cc1O)N(C(=N)C(=O)NCCC)c1ccc(CN(C)CCC(C)CC)cc1. The summed E-state index contributed by atoms with van der Waals surface area (Å²) in [6, 6.07) is 11.2. The second-order valence-electron chi connectivity index (χ2n) is 10.4. The van der Waals surface area contributed by atoms with Gasteiger partial charge in [-0.1, -0.05) is 59.8 Å². The molecule has 1 unspecified atom stereocenters. The van der Waals surface area contributed by atoms with Crippen molar-refractivity contribution < 1.29 is 14.6 Å². The van der Waals surface area contributed by atoms with E-state index in [1.807, 2.05) is 51.1 Å². The Bertz CT molecular complexity index is 1100. The maximum absolute atomic E-state index is 12.9. The maximum atomic E-state index is 12.9. The van der Waals surface area contributed by atoms with Gasteiger partial charge in [0.25, 0.3) is 5.91 Å². The highest BCUT2D eigenvalue weighted by molar-refractivity contribution is 6.44. The number of hydrogen-bond donors (Lipinski definition) is 3. The zero-order chi connectivity index (χ0) is 28.4. The third-order valence-corrected chi connectivity index (χ3v) is 6.87. The van der Waals surface area contributed by atoms with Crippen molar-refractivity contribution in [2.24, 2.45) is 5.92 Å². The van der Waals surface area contributed by atoms with E-state index in [0.717, 1.165) is 37.1 Å². The van der Waals surface area contributed by atoms with E-state index < -0.39 is 5.91 Å². The summed E-state index contributed by atoms with van der Waals surface area (Å²) in [7, 11) is 3.69. The fourth-order valence-corrected chi connectivity index (χ4v) is 4.20. The summed E-state index contributed by atoms with van der Waals surface area (Å²) >= 11 is 0. The number of hydrogen-bond acceptors (Lipinski definition) is 5. The minimum absolute atomic E-state index is 0.0254. The lowest BCUT2D eigenvalue weighted by molar-refractivity contribution is -0.114. The largest absolute Gasteiger partial charge is 0.507 e. The molecule has 0 spiro atoms. The van der Waals surface area contributed by atoms with Crippen molar-refractivity contribution in [1.29, 1.82) is 5.41 Å². The van der Waals surface area contributed by atoms with Gasteiger partial charge in [0.1, 0.15) is 11.5 Å². The van der Waals surface area contributed by atoms with Gasteiger partial charge in [-0.25, -0.2) is 0 Å². The Morgan fingerprint density at radius 1 is 1.16 bits per heavy atom. The first-order chi connectivity index (χ1) is 18.0. The van der Waals surface area contributed by atoms with E-state index >= 15 is 0 Å². The van der Waals surface area contributed by atoms with Crippen LogP contribution in [0.4, 0.5) is 5.69 Å². The van der Waals surface area contributed by atoms with Gasteiger partial charge >= 0.3 is 0 Å². The van der Waals surface area contributed by atoms with E-state index in [1.54, 1.807) is 13.2 Å². The third kappa shape index (κ3) is 8.09. The van der Waals surface area contributed by atoms with Gasteiger partial charge in [-0.15, -0.1) is 0 Å². The fraction of sp³-hybridized carbons (Fsp3) is 0.484. The van der Waals surface area contributed by atoms with Gasteiger partial charge in [-0.2, -0.15) is 0 Å². The lowest BCUT2D eigenvalue weighted by Gasteiger charge is -2.28. The van der Waals surface area contributed by atoms with E-state index in [0.29, 0.717) is 35.2 Å². The van der Waals surface area contributed by atoms with Crippen molar-refractivity contribution in [3.8, 4) is 11.5 Å². The van der Waals surface area contributed by atoms with Crippen LogP contribution >= 0.6 is 0 Å². The molecule has 1 atom stereocenters. The summed E-state index contributed by atoms with van der Waals surface area (Å²) in [6.45, 7) is 17.1. The molecule has 0 bridgehead atoms. The van der Waals surface area contributed by atoms with Gasteiger partial charge in [0.05, 0.1) is 12.8 Å². The summed E-state index contributed by atoms with van der Waals surface area (Å²) < 4.78 is 5.47. The first-order valence-corrected chi connectivity index (χ1v) is 13.6. The van der Waals surface area contributed by atoms with Crippen LogP contribution in [0.15, 0.2) is 43.0 Å². The van der Waals surface area contributed by atoms with Gasteiger partial charge in [-0.3, -0.25) is 15.1 Å². The molecule has 0 aliphatic rings. The Labute approximate surface area is 229 Å². The molecule has 2 rings (SSSR count). The van der Waals surface area contributed by atoms with Crippen molar-refractivity contribution in [2.75, 3.05) is 32.1 Å². The van der Waals surface area contributed by atoms with Gasteiger partial charge in [-0.05, 0) is 67.6 Å². The minimum Gasteiger partial charge on any atom is -0.507 e. The first-order valence-electron chi connectivity index (χ1n) is 13.6. The van der Waals surface area contributed by atoms with Crippen LogP contribution in [0, 0.1) is 11.3 Å². The van der Waals surface area contributed by atoms with Gasteiger partial charge < -0.3 is 20.1 Å². The van der Waals surface area contributed by atoms with Crippen molar-refractivity contribution in [3.63, 3.8) is 0 Å². The predicted octanol–water partition coefficient (Wildman–Crippen LogP) is 6.37. The zero-order valence-electron chi connectivity index (χ0n) is 24.2. The maximum Gasteiger partial charge on any atom is 0.287 e. The molecule has 0 fully saturated rings. The molecular formula is C31H46N4O3. The van der Waals surface area contributed by atoms with Crippen molar-refractivity contribution in [3.05, 3.63) is 59.7 Å². The van der Waals surface area contributed by atoms with Gasteiger partial charge in [0.15, 0.2) is 5.84 Å². The Morgan fingerprint density at radius 3 is 2.37 bits per heavy atom. The average Bonchev–Trinajstić information content (AvgIpc) is 2.90. The van der Waals surface area contributed by atoms with Crippen molar-refractivity contribution >= 4 is 23.1 Å².